The summed E-state index contributed by atoms with van der Waals surface area (Å²) in [4.78, 5) is 30.6. The summed E-state index contributed by atoms with van der Waals surface area (Å²) in [5.41, 5.74) is 1.80. The van der Waals surface area contributed by atoms with Crippen molar-refractivity contribution in [2.24, 2.45) is 0 Å². The summed E-state index contributed by atoms with van der Waals surface area (Å²) in [6.45, 7) is 4.17. The molecule has 0 unspecified atom stereocenters. The number of aromatic amines is 1. The van der Waals surface area contributed by atoms with Crippen LogP contribution < -0.4 is 5.32 Å². The van der Waals surface area contributed by atoms with Crippen molar-refractivity contribution in [3.8, 4) is 0 Å². The second kappa shape index (κ2) is 10.7. The standard InChI is InChI=1S/C25H29FN4O5S/c1-3-35-24(31)23(17(2)21-16-27-22-7-5-4-6-20(21)22)28-25(32)29-12-14-30(15-13-29)36(33,34)19-10-8-18(26)9-11-19/h4-11,16-17,23,27H,3,12-15H2,1-2H3,(H,28,32)/t17-,23+/m0/s1. The average molecular weight is 517 g/mol. The third-order valence-corrected chi connectivity index (χ3v) is 8.32. The van der Waals surface area contributed by atoms with Crippen molar-refractivity contribution in [1.29, 1.82) is 0 Å². The third-order valence-electron chi connectivity index (χ3n) is 6.41. The molecule has 3 aromatic rings. The number of aromatic nitrogens is 1. The highest BCUT2D eigenvalue weighted by molar-refractivity contribution is 7.89. The van der Waals surface area contributed by atoms with Gasteiger partial charge in [0.2, 0.25) is 10.0 Å². The van der Waals surface area contributed by atoms with Crippen molar-refractivity contribution >= 4 is 32.9 Å². The maximum atomic E-state index is 13.2. The van der Waals surface area contributed by atoms with Crippen LogP contribution in [0.5, 0.6) is 0 Å². The molecule has 0 radical (unpaired) electrons. The van der Waals surface area contributed by atoms with Gasteiger partial charge in [0.1, 0.15) is 11.9 Å². The minimum Gasteiger partial charge on any atom is -0.464 e. The van der Waals surface area contributed by atoms with E-state index in [1.54, 1.807) is 6.92 Å². The Morgan fingerprint density at radius 2 is 1.75 bits per heavy atom. The molecule has 9 nitrogen and oxygen atoms in total. The number of nitrogens with one attached hydrogen (secondary N) is 2. The fraction of sp³-hybridized carbons (Fsp3) is 0.360. The van der Waals surface area contributed by atoms with Gasteiger partial charge in [-0.15, -0.1) is 0 Å². The van der Waals surface area contributed by atoms with Crippen LogP contribution in [0.25, 0.3) is 10.9 Å². The SMILES string of the molecule is CCOC(=O)[C@H](NC(=O)N1CCN(S(=O)(=O)c2ccc(F)cc2)CC1)[C@@H](C)c1c[nH]c2ccccc12. The molecule has 2 amide bonds. The first-order valence-electron chi connectivity index (χ1n) is 11.8. The Kier molecular flexibility index (Phi) is 7.60. The summed E-state index contributed by atoms with van der Waals surface area (Å²) in [6, 6.07) is 10.9. The molecule has 4 rings (SSSR count). The van der Waals surface area contributed by atoms with Gasteiger partial charge in [-0.1, -0.05) is 25.1 Å². The van der Waals surface area contributed by atoms with Gasteiger partial charge in [-0.25, -0.2) is 22.4 Å². The van der Waals surface area contributed by atoms with Crippen LogP contribution >= 0.6 is 0 Å². The monoisotopic (exact) mass is 516 g/mol. The highest BCUT2D eigenvalue weighted by atomic mass is 32.2. The minimum absolute atomic E-state index is 0.00303. The molecular formula is C25H29FN4O5S. The number of para-hydroxylation sites is 1. The largest absolute Gasteiger partial charge is 0.464 e. The smallest absolute Gasteiger partial charge is 0.329 e. The van der Waals surface area contributed by atoms with Crippen molar-refractivity contribution in [2.45, 2.75) is 30.7 Å². The lowest BCUT2D eigenvalue weighted by Gasteiger charge is -2.35. The van der Waals surface area contributed by atoms with Crippen molar-refractivity contribution in [1.82, 2.24) is 19.5 Å². The quantitative estimate of drug-likeness (QED) is 0.469. The highest BCUT2D eigenvalue weighted by Crippen LogP contribution is 2.28. The highest BCUT2D eigenvalue weighted by Gasteiger charge is 2.34. The fourth-order valence-corrected chi connectivity index (χ4v) is 5.80. The van der Waals surface area contributed by atoms with E-state index in [1.807, 2.05) is 37.4 Å². The van der Waals surface area contributed by atoms with Crippen LogP contribution in [0.2, 0.25) is 0 Å². The lowest BCUT2D eigenvalue weighted by molar-refractivity contribution is -0.145. The number of benzene rings is 2. The summed E-state index contributed by atoms with van der Waals surface area (Å²) in [5, 5.41) is 3.76. The van der Waals surface area contributed by atoms with Gasteiger partial charge < -0.3 is 19.9 Å². The van der Waals surface area contributed by atoms with Gasteiger partial charge in [0.25, 0.3) is 0 Å². The molecular weight excluding hydrogens is 487 g/mol. The van der Waals surface area contributed by atoms with Crippen molar-refractivity contribution in [2.75, 3.05) is 32.8 Å². The average Bonchev–Trinajstić information content (AvgIpc) is 3.31. The lowest BCUT2D eigenvalue weighted by Crippen LogP contribution is -2.56. The molecule has 2 aromatic carbocycles. The molecule has 1 saturated heterocycles. The van der Waals surface area contributed by atoms with Gasteiger partial charge in [-0.3, -0.25) is 0 Å². The van der Waals surface area contributed by atoms with Gasteiger partial charge >= 0.3 is 12.0 Å². The van der Waals surface area contributed by atoms with E-state index in [9.17, 15) is 22.4 Å². The summed E-state index contributed by atoms with van der Waals surface area (Å²) >= 11 is 0. The number of halogens is 1. The number of esters is 1. The van der Waals surface area contributed by atoms with Crippen LogP contribution in [0.1, 0.15) is 25.3 Å². The van der Waals surface area contributed by atoms with Crippen molar-refractivity contribution in [3.05, 3.63) is 66.1 Å². The molecule has 2 atom stereocenters. The molecule has 2 heterocycles. The zero-order valence-corrected chi connectivity index (χ0v) is 20.9. The van der Waals surface area contributed by atoms with Crippen molar-refractivity contribution < 1.29 is 27.1 Å². The van der Waals surface area contributed by atoms with Crippen LogP contribution in [0.4, 0.5) is 9.18 Å². The maximum Gasteiger partial charge on any atom is 0.329 e. The number of nitrogens with zero attached hydrogens (tertiary/aromatic N) is 2. The summed E-state index contributed by atoms with van der Waals surface area (Å²) in [5.74, 6) is -1.45. The van der Waals surface area contributed by atoms with Crippen LogP contribution in [0, 0.1) is 5.82 Å². The first-order chi connectivity index (χ1) is 17.2. The number of fused-ring (bicyclic) bond motifs is 1. The number of carbonyl (C=O) groups excluding carboxylic acids is 2. The number of H-pyrrole nitrogens is 1. The Balaban J connectivity index is 1.45. The minimum atomic E-state index is -3.80. The fourth-order valence-electron chi connectivity index (χ4n) is 4.38. The van der Waals surface area contributed by atoms with E-state index in [-0.39, 0.29) is 43.6 Å². The van der Waals surface area contributed by atoms with Crippen molar-refractivity contribution in [3.63, 3.8) is 0 Å². The molecule has 1 aliphatic heterocycles. The van der Waals surface area contributed by atoms with Crippen LogP contribution in [0.3, 0.4) is 0 Å². The Morgan fingerprint density at radius 3 is 2.42 bits per heavy atom. The molecule has 2 N–H and O–H groups in total. The van der Waals surface area contributed by atoms with Crippen LogP contribution in [-0.4, -0.2) is 73.4 Å². The Bertz CT molecular complexity index is 1330. The number of sulfonamides is 1. The van der Waals surface area contributed by atoms with Gasteiger partial charge in [-0.2, -0.15) is 4.31 Å². The topological polar surface area (TPSA) is 112 Å². The predicted octanol–water partition coefficient (Wildman–Crippen LogP) is 3.06. The van der Waals surface area contributed by atoms with E-state index in [4.69, 9.17) is 4.74 Å². The normalized spacial score (nSPS) is 16.5. The molecule has 1 fully saturated rings. The number of carbonyl (C=O) groups is 2. The molecule has 11 heteroatoms. The zero-order chi connectivity index (χ0) is 25.9. The number of rotatable bonds is 7. The van der Waals surface area contributed by atoms with Gasteiger partial charge in [-0.05, 0) is 42.8 Å². The molecule has 0 aliphatic carbocycles. The van der Waals surface area contributed by atoms with E-state index in [1.165, 1.54) is 21.3 Å². The van der Waals surface area contributed by atoms with E-state index >= 15 is 0 Å². The molecule has 0 saturated carbocycles. The Labute approximate surface area is 209 Å². The van der Waals surface area contributed by atoms with Crippen LogP contribution in [-0.2, 0) is 19.6 Å². The number of amides is 2. The maximum absolute atomic E-state index is 13.2. The second-order valence-electron chi connectivity index (χ2n) is 8.60. The molecule has 36 heavy (non-hydrogen) atoms. The van der Waals surface area contributed by atoms with Gasteiger partial charge in [0.05, 0.1) is 11.5 Å². The number of ether oxygens (including phenoxy) is 1. The lowest BCUT2D eigenvalue weighted by atomic mass is 9.93. The van der Waals surface area contributed by atoms with Crippen LogP contribution in [0.15, 0.2) is 59.6 Å². The van der Waals surface area contributed by atoms with Gasteiger partial charge in [0.15, 0.2) is 0 Å². The molecule has 1 aromatic heterocycles. The molecule has 1 aliphatic rings. The van der Waals surface area contributed by atoms with E-state index in [0.717, 1.165) is 28.6 Å². The number of urea groups is 1. The van der Waals surface area contributed by atoms with E-state index in [0.29, 0.717) is 0 Å². The summed E-state index contributed by atoms with van der Waals surface area (Å²) < 4.78 is 45.4. The Morgan fingerprint density at radius 1 is 1.08 bits per heavy atom. The van der Waals surface area contributed by atoms with E-state index < -0.39 is 33.9 Å². The molecule has 192 valence electrons. The third kappa shape index (κ3) is 5.21. The zero-order valence-electron chi connectivity index (χ0n) is 20.1. The molecule has 0 spiro atoms. The second-order valence-corrected chi connectivity index (χ2v) is 10.5. The summed E-state index contributed by atoms with van der Waals surface area (Å²) in [6.07, 6.45) is 1.83. The first kappa shape index (κ1) is 25.6. The van der Waals surface area contributed by atoms with E-state index in [2.05, 4.69) is 10.3 Å². The number of hydrogen-bond acceptors (Lipinski definition) is 5. The molecule has 0 bridgehead atoms. The predicted molar refractivity (Wildman–Crippen MR) is 132 cm³/mol. The number of hydrogen-bond donors (Lipinski definition) is 2. The first-order valence-corrected chi connectivity index (χ1v) is 13.2. The Hall–Kier alpha value is -3.44. The number of piperazine rings is 1. The summed E-state index contributed by atoms with van der Waals surface area (Å²) in [7, 11) is -3.80. The van der Waals surface area contributed by atoms with Gasteiger partial charge in [0, 0.05) is 49.2 Å².